The second-order valence-corrected chi connectivity index (χ2v) is 5.84. The first kappa shape index (κ1) is 16.1. The highest BCUT2D eigenvalue weighted by Crippen LogP contribution is 2.33. The number of aliphatic hydroxyl groups excluding tert-OH is 1. The number of likely N-dealkylation sites (tertiary alicyclic amines) is 1. The second kappa shape index (κ2) is 7.66. The number of carbonyl (C=O) groups is 1. The summed E-state index contributed by atoms with van der Waals surface area (Å²) in [5.41, 5.74) is 0.710. The van der Waals surface area contributed by atoms with Crippen LogP contribution >= 0.6 is 15.9 Å². The predicted octanol–water partition coefficient (Wildman–Crippen LogP) is 2.34. The number of benzene rings is 1. The molecule has 0 aliphatic carbocycles. The summed E-state index contributed by atoms with van der Waals surface area (Å²) >= 11 is 3.36. The summed E-state index contributed by atoms with van der Waals surface area (Å²) in [4.78, 5) is 13.9. The Balaban J connectivity index is 2.01. The molecule has 1 N–H and O–H groups in total. The van der Waals surface area contributed by atoms with E-state index in [4.69, 9.17) is 9.47 Å². The number of carbonyl (C=O) groups excluding carboxylic acids is 1. The summed E-state index contributed by atoms with van der Waals surface area (Å²) in [5.74, 6) is 1.000. The zero-order valence-electron chi connectivity index (χ0n) is 12.1. The molecule has 1 aromatic carbocycles. The lowest BCUT2D eigenvalue weighted by Gasteiger charge is -2.26. The van der Waals surface area contributed by atoms with E-state index >= 15 is 0 Å². The Morgan fingerprint density at radius 2 is 2.00 bits per heavy atom. The second-order valence-electron chi connectivity index (χ2n) is 4.98. The van der Waals surface area contributed by atoms with E-state index in [0.29, 0.717) is 17.1 Å². The fraction of sp³-hybridized carbons (Fsp3) is 0.533. The highest BCUT2D eigenvalue weighted by atomic mass is 79.9. The van der Waals surface area contributed by atoms with Gasteiger partial charge in [-0.1, -0.05) is 15.9 Å². The van der Waals surface area contributed by atoms with Crippen LogP contribution in [-0.2, 0) is 11.4 Å². The number of rotatable bonds is 5. The number of ether oxygens (including phenoxy) is 2. The zero-order chi connectivity index (χ0) is 15.2. The topological polar surface area (TPSA) is 59.0 Å². The Labute approximate surface area is 133 Å². The van der Waals surface area contributed by atoms with Crippen molar-refractivity contribution in [2.24, 2.45) is 0 Å². The van der Waals surface area contributed by atoms with Crippen molar-refractivity contribution in [1.29, 1.82) is 0 Å². The lowest BCUT2D eigenvalue weighted by Crippen LogP contribution is -2.38. The van der Waals surface area contributed by atoms with Gasteiger partial charge in [0.15, 0.2) is 18.1 Å². The zero-order valence-corrected chi connectivity index (χ0v) is 13.7. The minimum Gasteiger partial charge on any atom is -0.493 e. The average Bonchev–Trinajstić information content (AvgIpc) is 2.53. The maximum Gasteiger partial charge on any atom is 0.260 e. The summed E-state index contributed by atoms with van der Waals surface area (Å²) < 4.78 is 11.6. The largest absolute Gasteiger partial charge is 0.493 e. The van der Waals surface area contributed by atoms with Crippen molar-refractivity contribution in [3.05, 3.63) is 22.2 Å². The number of nitrogens with zero attached hydrogens (tertiary/aromatic N) is 1. The van der Waals surface area contributed by atoms with Crippen molar-refractivity contribution in [3.63, 3.8) is 0 Å². The van der Waals surface area contributed by atoms with E-state index in [1.165, 1.54) is 13.5 Å². The van der Waals surface area contributed by atoms with Gasteiger partial charge in [0.1, 0.15) is 0 Å². The lowest BCUT2D eigenvalue weighted by molar-refractivity contribution is -0.134. The number of hydrogen-bond donors (Lipinski definition) is 1. The van der Waals surface area contributed by atoms with Crippen molar-refractivity contribution in [2.75, 3.05) is 26.8 Å². The molecule has 5 nitrogen and oxygen atoms in total. The molecule has 1 fully saturated rings. The Hall–Kier alpha value is -1.27. The number of aliphatic hydroxyl groups is 1. The minimum atomic E-state index is -0.0933. The molecule has 0 unspecified atom stereocenters. The Morgan fingerprint density at radius 3 is 2.62 bits per heavy atom. The first-order chi connectivity index (χ1) is 10.2. The van der Waals surface area contributed by atoms with Gasteiger partial charge in [-0.15, -0.1) is 0 Å². The normalized spacial score (nSPS) is 14.9. The summed E-state index contributed by atoms with van der Waals surface area (Å²) in [5, 5.41) is 9.23. The van der Waals surface area contributed by atoms with Crippen LogP contribution in [-0.4, -0.2) is 42.7 Å². The summed E-state index contributed by atoms with van der Waals surface area (Å²) in [6, 6.07) is 3.42. The molecule has 1 amide bonds. The maximum atomic E-state index is 12.1. The van der Waals surface area contributed by atoms with Gasteiger partial charge in [0.25, 0.3) is 5.91 Å². The summed E-state index contributed by atoms with van der Waals surface area (Å²) in [6.07, 6.45) is 3.31. The molecule has 1 saturated heterocycles. The monoisotopic (exact) mass is 357 g/mol. The quantitative estimate of drug-likeness (QED) is 0.878. The third-order valence-electron chi connectivity index (χ3n) is 3.56. The van der Waals surface area contributed by atoms with Crippen molar-refractivity contribution in [1.82, 2.24) is 4.90 Å². The smallest absolute Gasteiger partial charge is 0.260 e. The van der Waals surface area contributed by atoms with Crippen LogP contribution in [0.25, 0.3) is 0 Å². The predicted molar refractivity (Wildman–Crippen MR) is 82.5 cm³/mol. The summed E-state index contributed by atoms with van der Waals surface area (Å²) in [7, 11) is 1.53. The maximum absolute atomic E-state index is 12.1. The molecule has 0 spiro atoms. The summed E-state index contributed by atoms with van der Waals surface area (Å²) in [6.45, 7) is 1.53. The van der Waals surface area contributed by atoms with Gasteiger partial charge in [0.2, 0.25) is 0 Å². The van der Waals surface area contributed by atoms with Crippen molar-refractivity contribution in [3.8, 4) is 11.5 Å². The van der Waals surface area contributed by atoms with Crippen LogP contribution in [0.1, 0.15) is 24.8 Å². The molecule has 2 rings (SSSR count). The molecular formula is C15H20BrNO4. The van der Waals surface area contributed by atoms with Gasteiger partial charge < -0.3 is 19.5 Å². The first-order valence-electron chi connectivity index (χ1n) is 7.03. The van der Waals surface area contributed by atoms with Crippen LogP contribution in [0.4, 0.5) is 0 Å². The van der Waals surface area contributed by atoms with Crippen LogP contribution < -0.4 is 9.47 Å². The van der Waals surface area contributed by atoms with Gasteiger partial charge in [0, 0.05) is 17.6 Å². The van der Waals surface area contributed by atoms with Crippen LogP contribution in [0.5, 0.6) is 11.5 Å². The highest BCUT2D eigenvalue weighted by Gasteiger charge is 2.18. The molecule has 0 aromatic heterocycles. The van der Waals surface area contributed by atoms with E-state index in [1.807, 2.05) is 4.90 Å². The van der Waals surface area contributed by atoms with E-state index in [1.54, 1.807) is 12.1 Å². The fourth-order valence-corrected chi connectivity index (χ4v) is 2.79. The van der Waals surface area contributed by atoms with Gasteiger partial charge in [-0.25, -0.2) is 0 Å². The molecule has 6 heteroatoms. The molecule has 116 valence electrons. The molecule has 0 saturated carbocycles. The number of hydrogen-bond acceptors (Lipinski definition) is 4. The van der Waals surface area contributed by atoms with E-state index in [9.17, 15) is 9.90 Å². The molecule has 1 aromatic rings. The molecular weight excluding hydrogens is 338 g/mol. The van der Waals surface area contributed by atoms with E-state index in [-0.39, 0.29) is 19.1 Å². The minimum absolute atomic E-state index is 0.000824. The molecule has 21 heavy (non-hydrogen) atoms. The Bertz CT molecular complexity index is 501. The third kappa shape index (κ3) is 4.11. The van der Waals surface area contributed by atoms with E-state index < -0.39 is 0 Å². The molecule has 1 heterocycles. The SMILES string of the molecule is COc1cc(CO)c(Br)cc1OCC(=O)N1CCCCC1. The molecule has 0 atom stereocenters. The Morgan fingerprint density at radius 1 is 1.29 bits per heavy atom. The van der Waals surface area contributed by atoms with Gasteiger partial charge >= 0.3 is 0 Å². The van der Waals surface area contributed by atoms with Crippen LogP contribution in [0.3, 0.4) is 0 Å². The average molecular weight is 358 g/mol. The molecule has 1 aliphatic rings. The third-order valence-corrected chi connectivity index (χ3v) is 4.30. The number of piperidine rings is 1. The molecule has 0 radical (unpaired) electrons. The van der Waals surface area contributed by atoms with Crippen molar-refractivity contribution >= 4 is 21.8 Å². The van der Waals surface area contributed by atoms with Crippen LogP contribution in [0.15, 0.2) is 16.6 Å². The lowest BCUT2D eigenvalue weighted by atomic mass is 10.1. The van der Waals surface area contributed by atoms with Crippen LogP contribution in [0.2, 0.25) is 0 Å². The standard InChI is InChI=1S/C15H20BrNO4/c1-20-13-7-11(9-18)12(16)8-14(13)21-10-15(19)17-5-3-2-4-6-17/h7-8,18H,2-6,9-10H2,1H3. The first-order valence-corrected chi connectivity index (χ1v) is 7.83. The van der Waals surface area contributed by atoms with Crippen LogP contribution in [0, 0.1) is 0 Å². The van der Waals surface area contributed by atoms with Gasteiger partial charge in [0.05, 0.1) is 13.7 Å². The Kier molecular flexibility index (Phi) is 5.87. The number of halogens is 1. The van der Waals surface area contributed by atoms with Gasteiger partial charge in [-0.3, -0.25) is 4.79 Å². The van der Waals surface area contributed by atoms with Crippen molar-refractivity contribution < 1.29 is 19.4 Å². The molecule has 0 bridgehead atoms. The van der Waals surface area contributed by atoms with E-state index in [0.717, 1.165) is 30.4 Å². The fourth-order valence-electron chi connectivity index (χ4n) is 2.34. The van der Waals surface area contributed by atoms with Gasteiger partial charge in [-0.05, 0) is 37.0 Å². The van der Waals surface area contributed by atoms with E-state index in [2.05, 4.69) is 15.9 Å². The number of methoxy groups -OCH3 is 1. The van der Waals surface area contributed by atoms with Gasteiger partial charge in [-0.2, -0.15) is 0 Å². The molecule has 1 aliphatic heterocycles. The highest BCUT2D eigenvalue weighted by molar-refractivity contribution is 9.10. The number of amides is 1. The van der Waals surface area contributed by atoms with Crippen molar-refractivity contribution in [2.45, 2.75) is 25.9 Å².